The Labute approximate surface area is 164 Å². The second-order valence-electron chi connectivity index (χ2n) is 7.40. The molecule has 3 heterocycles. The first-order valence-corrected chi connectivity index (χ1v) is 9.71. The molecule has 0 aliphatic carbocycles. The summed E-state index contributed by atoms with van der Waals surface area (Å²) in [5.74, 6) is -0.132. The Balaban J connectivity index is 1.47. The quantitative estimate of drug-likeness (QED) is 0.734. The van der Waals surface area contributed by atoms with Crippen molar-refractivity contribution >= 4 is 16.8 Å². The first kappa shape index (κ1) is 18.7. The number of carbonyl (C=O) groups is 1. The third-order valence-electron chi connectivity index (χ3n) is 5.41. The summed E-state index contributed by atoms with van der Waals surface area (Å²) in [5, 5.41) is 8.63. The molecule has 0 unspecified atom stereocenters. The predicted octanol–water partition coefficient (Wildman–Crippen LogP) is 1.95. The molecule has 4 rings (SSSR count). The number of aryl methyl sites for hydroxylation is 3. The number of amides is 1. The molecule has 1 aliphatic heterocycles. The first-order chi connectivity index (χ1) is 13.5. The molecule has 1 saturated heterocycles. The number of rotatable bonds is 5. The van der Waals surface area contributed by atoms with Crippen LogP contribution in [0.5, 0.6) is 0 Å². The van der Waals surface area contributed by atoms with Crippen LogP contribution in [0.2, 0.25) is 0 Å². The smallest absolute Gasteiger partial charge is 0.271 e. The van der Waals surface area contributed by atoms with Crippen molar-refractivity contribution in [2.24, 2.45) is 14.1 Å². The van der Waals surface area contributed by atoms with E-state index in [1.165, 1.54) is 16.5 Å². The van der Waals surface area contributed by atoms with Crippen molar-refractivity contribution in [3.05, 3.63) is 41.7 Å². The maximum atomic E-state index is 12.5. The minimum Gasteiger partial charge on any atom is -0.379 e. The summed E-state index contributed by atoms with van der Waals surface area (Å²) in [6, 6.07) is 8.23. The number of ether oxygens (including phenoxy) is 1. The summed E-state index contributed by atoms with van der Waals surface area (Å²) in [7, 11) is 3.93. The largest absolute Gasteiger partial charge is 0.379 e. The number of fused-ring (bicyclic) bond motifs is 1. The van der Waals surface area contributed by atoms with E-state index in [4.69, 9.17) is 4.74 Å². The maximum absolute atomic E-state index is 12.5. The first-order valence-electron chi connectivity index (χ1n) is 9.71. The maximum Gasteiger partial charge on any atom is 0.271 e. The Morgan fingerprint density at radius 1 is 1.21 bits per heavy atom. The van der Waals surface area contributed by atoms with E-state index in [2.05, 4.69) is 58.2 Å². The number of aromatic nitrogens is 3. The molecular formula is C21H27N5O2. The Hall–Kier alpha value is -2.64. The topological polar surface area (TPSA) is 64.3 Å². The van der Waals surface area contributed by atoms with Gasteiger partial charge in [0, 0.05) is 62.9 Å². The number of morpholine rings is 1. The average molecular weight is 381 g/mol. The number of carbonyl (C=O) groups excluding carboxylic acids is 1. The van der Waals surface area contributed by atoms with E-state index in [0.717, 1.165) is 44.1 Å². The second kappa shape index (κ2) is 7.77. The van der Waals surface area contributed by atoms with Crippen LogP contribution in [0, 0.1) is 6.92 Å². The van der Waals surface area contributed by atoms with Gasteiger partial charge in [-0.1, -0.05) is 6.07 Å². The molecule has 3 aromatic rings. The van der Waals surface area contributed by atoms with E-state index in [9.17, 15) is 4.79 Å². The zero-order chi connectivity index (χ0) is 19.7. The highest BCUT2D eigenvalue weighted by molar-refractivity contribution is 5.94. The highest BCUT2D eigenvalue weighted by atomic mass is 16.5. The molecule has 0 bridgehead atoms. The van der Waals surface area contributed by atoms with E-state index in [0.29, 0.717) is 12.2 Å². The summed E-state index contributed by atoms with van der Waals surface area (Å²) < 4.78 is 9.25. The normalized spacial score (nSPS) is 15.2. The molecule has 0 spiro atoms. The van der Waals surface area contributed by atoms with Crippen LogP contribution in [0.3, 0.4) is 0 Å². The van der Waals surface area contributed by atoms with Gasteiger partial charge in [-0.2, -0.15) is 5.10 Å². The van der Waals surface area contributed by atoms with Crippen molar-refractivity contribution in [1.29, 1.82) is 0 Å². The molecule has 1 aromatic carbocycles. The van der Waals surface area contributed by atoms with Crippen LogP contribution in [0.25, 0.3) is 22.2 Å². The summed E-state index contributed by atoms with van der Waals surface area (Å²) >= 11 is 0. The molecule has 0 atom stereocenters. The number of benzene rings is 1. The van der Waals surface area contributed by atoms with Gasteiger partial charge in [0.15, 0.2) is 5.69 Å². The van der Waals surface area contributed by atoms with Crippen molar-refractivity contribution in [3.8, 4) is 11.3 Å². The molecule has 28 heavy (non-hydrogen) atoms. The molecule has 1 fully saturated rings. The van der Waals surface area contributed by atoms with Crippen LogP contribution in [0.4, 0.5) is 0 Å². The molecule has 1 amide bonds. The lowest BCUT2D eigenvalue weighted by Gasteiger charge is -2.26. The van der Waals surface area contributed by atoms with Crippen molar-refractivity contribution in [2.45, 2.75) is 6.92 Å². The molecular weight excluding hydrogens is 354 g/mol. The second-order valence-corrected chi connectivity index (χ2v) is 7.40. The average Bonchev–Trinajstić information content (AvgIpc) is 3.22. The molecule has 1 aliphatic rings. The number of hydrogen-bond donors (Lipinski definition) is 1. The van der Waals surface area contributed by atoms with Gasteiger partial charge in [-0.15, -0.1) is 0 Å². The highest BCUT2D eigenvalue weighted by Crippen LogP contribution is 2.27. The Morgan fingerprint density at radius 3 is 2.79 bits per heavy atom. The molecule has 7 nitrogen and oxygen atoms in total. The summed E-state index contributed by atoms with van der Waals surface area (Å²) in [4.78, 5) is 14.8. The lowest BCUT2D eigenvalue weighted by atomic mass is 10.1. The van der Waals surface area contributed by atoms with Crippen molar-refractivity contribution < 1.29 is 9.53 Å². The van der Waals surface area contributed by atoms with E-state index >= 15 is 0 Å². The predicted molar refractivity (Wildman–Crippen MR) is 109 cm³/mol. The van der Waals surface area contributed by atoms with Crippen molar-refractivity contribution in [2.75, 3.05) is 39.4 Å². The van der Waals surface area contributed by atoms with Gasteiger partial charge < -0.3 is 14.6 Å². The van der Waals surface area contributed by atoms with Crippen molar-refractivity contribution in [1.82, 2.24) is 24.6 Å². The third kappa shape index (κ3) is 3.68. The molecule has 1 N–H and O–H groups in total. The fraction of sp³-hybridized carbons (Fsp3) is 0.429. The van der Waals surface area contributed by atoms with Crippen molar-refractivity contribution in [3.63, 3.8) is 0 Å². The van der Waals surface area contributed by atoms with Crippen LogP contribution in [0.1, 0.15) is 16.1 Å². The minimum absolute atomic E-state index is 0.132. The Bertz CT molecular complexity index is 998. The van der Waals surface area contributed by atoms with Crippen LogP contribution >= 0.6 is 0 Å². The minimum atomic E-state index is -0.132. The Kier molecular flexibility index (Phi) is 5.19. The lowest BCUT2D eigenvalue weighted by Crippen LogP contribution is -2.41. The van der Waals surface area contributed by atoms with Gasteiger partial charge in [-0.3, -0.25) is 14.4 Å². The third-order valence-corrected chi connectivity index (χ3v) is 5.41. The van der Waals surface area contributed by atoms with Gasteiger partial charge in [-0.05, 0) is 30.7 Å². The standard InChI is InChI=1S/C21H27N5O2/c1-15-14-24(2)19-5-4-16(12-17(15)19)20-13-18(23-25(20)3)21(27)22-6-7-26-8-10-28-11-9-26/h4-5,12-14H,6-11H2,1-3H3,(H,22,27). The summed E-state index contributed by atoms with van der Waals surface area (Å²) in [5.41, 5.74) is 4.88. The zero-order valence-electron chi connectivity index (χ0n) is 16.7. The van der Waals surface area contributed by atoms with Gasteiger partial charge >= 0.3 is 0 Å². The molecule has 0 radical (unpaired) electrons. The number of nitrogens with zero attached hydrogens (tertiary/aromatic N) is 4. The summed E-state index contributed by atoms with van der Waals surface area (Å²) in [6.45, 7) is 6.93. The Morgan fingerprint density at radius 2 is 2.00 bits per heavy atom. The molecule has 2 aromatic heterocycles. The van der Waals surface area contributed by atoms with Crippen LogP contribution in [0.15, 0.2) is 30.5 Å². The van der Waals surface area contributed by atoms with E-state index in [-0.39, 0.29) is 5.91 Å². The highest BCUT2D eigenvalue weighted by Gasteiger charge is 2.16. The van der Waals surface area contributed by atoms with Crippen LogP contribution < -0.4 is 5.32 Å². The van der Waals surface area contributed by atoms with E-state index in [1.807, 2.05) is 13.1 Å². The lowest BCUT2D eigenvalue weighted by molar-refractivity contribution is 0.0383. The zero-order valence-corrected chi connectivity index (χ0v) is 16.7. The number of hydrogen-bond acceptors (Lipinski definition) is 4. The van der Waals surface area contributed by atoms with E-state index < -0.39 is 0 Å². The SMILES string of the molecule is Cc1cn(C)c2ccc(-c3cc(C(=O)NCCN4CCOCC4)nn3C)cc12. The summed E-state index contributed by atoms with van der Waals surface area (Å²) in [6.07, 6.45) is 2.13. The van der Waals surface area contributed by atoms with Gasteiger partial charge in [0.2, 0.25) is 0 Å². The molecule has 148 valence electrons. The van der Waals surface area contributed by atoms with Crippen LogP contribution in [-0.4, -0.2) is 64.5 Å². The van der Waals surface area contributed by atoms with Gasteiger partial charge in [0.05, 0.1) is 18.9 Å². The number of nitrogens with one attached hydrogen (secondary N) is 1. The molecule has 7 heteroatoms. The van der Waals surface area contributed by atoms with E-state index in [1.54, 1.807) is 4.68 Å². The van der Waals surface area contributed by atoms with Gasteiger partial charge in [0.25, 0.3) is 5.91 Å². The fourth-order valence-corrected chi connectivity index (χ4v) is 3.84. The molecule has 0 saturated carbocycles. The van der Waals surface area contributed by atoms with Gasteiger partial charge in [0.1, 0.15) is 0 Å². The van der Waals surface area contributed by atoms with Crippen LogP contribution in [-0.2, 0) is 18.8 Å². The van der Waals surface area contributed by atoms with Gasteiger partial charge in [-0.25, -0.2) is 0 Å². The fourth-order valence-electron chi connectivity index (χ4n) is 3.84. The monoisotopic (exact) mass is 381 g/mol.